The minimum atomic E-state index is 0.00339. The first-order chi connectivity index (χ1) is 10.4. The van der Waals surface area contributed by atoms with Gasteiger partial charge in [-0.1, -0.05) is 38.1 Å². The molecule has 0 heterocycles. The summed E-state index contributed by atoms with van der Waals surface area (Å²) >= 11 is 0. The van der Waals surface area contributed by atoms with Gasteiger partial charge in [-0.25, -0.2) is 4.99 Å². The molecule has 0 spiro atoms. The number of anilines is 1. The van der Waals surface area contributed by atoms with Gasteiger partial charge in [0.25, 0.3) is 0 Å². The molecule has 1 rings (SSSR count). The van der Waals surface area contributed by atoms with Crippen molar-refractivity contribution in [1.29, 1.82) is 0 Å². The molecule has 1 aromatic carbocycles. The van der Waals surface area contributed by atoms with E-state index in [0.717, 1.165) is 23.2 Å². The number of amides is 1. The highest BCUT2D eigenvalue weighted by Gasteiger charge is 2.10. The summed E-state index contributed by atoms with van der Waals surface area (Å²) in [6.45, 7) is 10.7. The van der Waals surface area contributed by atoms with Gasteiger partial charge in [0.1, 0.15) is 0 Å². The number of hydrogen-bond donors (Lipinski definition) is 3. The van der Waals surface area contributed by atoms with Crippen LogP contribution in [0.2, 0.25) is 0 Å². The third-order valence-corrected chi connectivity index (χ3v) is 3.26. The van der Waals surface area contributed by atoms with Crippen molar-refractivity contribution in [2.24, 2.45) is 16.6 Å². The smallest absolute Gasteiger partial charge is 0.227 e. The Labute approximate surface area is 132 Å². The summed E-state index contributed by atoms with van der Waals surface area (Å²) in [6, 6.07) is 7.63. The van der Waals surface area contributed by atoms with Crippen LogP contribution < -0.4 is 16.4 Å². The molecule has 0 aromatic heterocycles. The third kappa shape index (κ3) is 6.43. The number of nitrogens with one attached hydrogen (secondary N) is 2. The van der Waals surface area contributed by atoms with Gasteiger partial charge < -0.3 is 16.4 Å². The molecular formula is C17H26N4O. The van der Waals surface area contributed by atoms with E-state index in [2.05, 4.69) is 22.2 Å². The SMILES string of the molecule is C=C(C)CNC(N)=NCc1cccc(NC(=O)C(C)CC)c1. The molecule has 0 fully saturated rings. The van der Waals surface area contributed by atoms with E-state index in [9.17, 15) is 4.79 Å². The molecule has 0 saturated carbocycles. The first kappa shape index (κ1) is 17.8. The summed E-state index contributed by atoms with van der Waals surface area (Å²) in [5.74, 6) is 0.423. The Bertz CT molecular complexity index is 551. The summed E-state index contributed by atoms with van der Waals surface area (Å²) in [5, 5.41) is 5.90. The molecular weight excluding hydrogens is 276 g/mol. The van der Waals surface area contributed by atoms with E-state index in [4.69, 9.17) is 5.73 Å². The fraction of sp³-hybridized carbons (Fsp3) is 0.412. The molecule has 0 aliphatic rings. The standard InChI is InChI=1S/C17H26N4O/c1-5-13(4)16(22)21-15-8-6-7-14(9-15)11-20-17(18)19-10-12(2)3/h6-9,13H,2,5,10-11H2,1,3-4H3,(H,21,22)(H3,18,19,20). The topological polar surface area (TPSA) is 79.5 Å². The number of nitrogens with two attached hydrogens (primary N) is 1. The highest BCUT2D eigenvalue weighted by molar-refractivity contribution is 5.92. The fourth-order valence-corrected chi connectivity index (χ4v) is 1.67. The molecule has 1 atom stereocenters. The average molecular weight is 302 g/mol. The maximum atomic E-state index is 11.9. The van der Waals surface area contributed by atoms with E-state index < -0.39 is 0 Å². The first-order valence-corrected chi connectivity index (χ1v) is 7.50. The maximum absolute atomic E-state index is 11.9. The second-order valence-electron chi connectivity index (χ2n) is 5.51. The highest BCUT2D eigenvalue weighted by Crippen LogP contribution is 2.13. The lowest BCUT2D eigenvalue weighted by Crippen LogP contribution is -2.32. The molecule has 1 aromatic rings. The third-order valence-electron chi connectivity index (χ3n) is 3.26. The molecule has 0 aliphatic heterocycles. The highest BCUT2D eigenvalue weighted by atomic mass is 16.1. The number of nitrogens with zero attached hydrogens (tertiary/aromatic N) is 1. The number of carbonyl (C=O) groups excluding carboxylic acids is 1. The zero-order valence-corrected chi connectivity index (χ0v) is 13.6. The lowest BCUT2D eigenvalue weighted by atomic mass is 10.1. The maximum Gasteiger partial charge on any atom is 0.227 e. The Balaban J connectivity index is 2.62. The van der Waals surface area contributed by atoms with Crippen LogP contribution in [-0.2, 0) is 11.3 Å². The predicted octanol–water partition coefficient (Wildman–Crippen LogP) is 2.65. The normalized spacial score (nSPS) is 12.6. The average Bonchev–Trinajstić information content (AvgIpc) is 2.50. The van der Waals surface area contributed by atoms with Gasteiger partial charge in [0, 0.05) is 18.2 Å². The van der Waals surface area contributed by atoms with Gasteiger partial charge in [-0.3, -0.25) is 4.79 Å². The minimum absolute atomic E-state index is 0.00339. The van der Waals surface area contributed by atoms with Gasteiger partial charge in [-0.2, -0.15) is 0 Å². The van der Waals surface area contributed by atoms with Crippen LogP contribution in [0.1, 0.15) is 32.8 Å². The number of guanidine groups is 1. The number of hydrogen-bond acceptors (Lipinski definition) is 2. The van der Waals surface area contributed by atoms with Crippen molar-refractivity contribution in [3.63, 3.8) is 0 Å². The van der Waals surface area contributed by atoms with Gasteiger partial charge >= 0.3 is 0 Å². The van der Waals surface area contributed by atoms with Crippen molar-refractivity contribution in [2.75, 3.05) is 11.9 Å². The van der Waals surface area contributed by atoms with Crippen LogP contribution in [0.4, 0.5) is 5.69 Å². The van der Waals surface area contributed by atoms with Gasteiger partial charge in [-0.05, 0) is 31.0 Å². The zero-order valence-electron chi connectivity index (χ0n) is 13.6. The van der Waals surface area contributed by atoms with Crippen molar-refractivity contribution in [3.05, 3.63) is 42.0 Å². The second-order valence-corrected chi connectivity index (χ2v) is 5.51. The zero-order chi connectivity index (χ0) is 16.5. The summed E-state index contributed by atoms with van der Waals surface area (Å²) < 4.78 is 0. The Kier molecular flexibility index (Phi) is 7.16. The van der Waals surface area contributed by atoms with E-state index in [1.165, 1.54) is 0 Å². The van der Waals surface area contributed by atoms with Crippen LogP contribution in [0.5, 0.6) is 0 Å². The summed E-state index contributed by atoms with van der Waals surface area (Å²) in [6.07, 6.45) is 0.820. The van der Waals surface area contributed by atoms with Gasteiger partial charge in [0.05, 0.1) is 6.54 Å². The van der Waals surface area contributed by atoms with E-state index in [1.807, 2.05) is 45.0 Å². The number of benzene rings is 1. The lowest BCUT2D eigenvalue weighted by Gasteiger charge is -2.11. The van der Waals surface area contributed by atoms with Crippen molar-refractivity contribution in [3.8, 4) is 0 Å². The molecule has 5 heteroatoms. The molecule has 22 heavy (non-hydrogen) atoms. The molecule has 0 saturated heterocycles. The number of carbonyl (C=O) groups is 1. The Hall–Kier alpha value is -2.30. The molecule has 5 nitrogen and oxygen atoms in total. The molecule has 0 radical (unpaired) electrons. The Morgan fingerprint density at radius 1 is 1.45 bits per heavy atom. The lowest BCUT2D eigenvalue weighted by molar-refractivity contribution is -0.119. The minimum Gasteiger partial charge on any atom is -0.370 e. The van der Waals surface area contributed by atoms with Crippen molar-refractivity contribution in [1.82, 2.24) is 5.32 Å². The fourth-order valence-electron chi connectivity index (χ4n) is 1.67. The van der Waals surface area contributed by atoms with Crippen molar-refractivity contribution < 1.29 is 4.79 Å². The Morgan fingerprint density at radius 3 is 2.82 bits per heavy atom. The van der Waals surface area contributed by atoms with Gasteiger partial charge in [0.15, 0.2) is 5.96 Å². The molecule has 0 aliphatic carbocycles. The predicted molar refractivity (Wildman–Crippen MR) is 92.7 cm³/mol. The molecule has 0 bridgehead atoms. The summed E-state index contributed by atoms with van der Waals surface area (Å²) in [7, 11) is 0. The first-order valence-electron chi connectivity index (χ1n) is 7.50. The van der Waals surface area contributed by atoms with E-state index in [0.29, 0.717) is 19.0 Å². The second kappa shape index (κ2) is 8.87. The number of aliphatic imine (C=N–C) groups is 1. The monoisotopic (exact) mass is 302 g/mol. The number of rotatable bonds is 7. The quantitative estimate of drug-likeness (QED) is 0.411. The van der Waals surface area contributed by atoms with E-state index >= 15 is 0 Å². The summed E-state index contributed by atoms with van der Waals surface area (Å²) in [4.78, 5) is 16.2. The molecule has 1 unspecified atom stereocenters. The largest absolute Gasteiger partial charge is 0.370 e. The van der Waals surface area contributed by atoms with E-state index in [1.54, 1.807) is 0 Å². The van der Waals surface area contributed by atoms with Crippen LogP contribution in [0, 0.1) is 5.92 Å². The van der Waals surface area contributed by atoms with Crippen LogP contribution in [0.25, 0.3) is 0 Å². The van der Waals surface area contributed by atoms with Gasteiger partial charge in [0.2, 0.25) is 5.91 Å². The van der Waals surface area contributed by atoms with E-state index in [-0.39, 0.29) is 11.8 Å². The van der Waals surface area contributed by atoms with Crippen molar-refractivity contribution >= 4 is 17.6 Å². The van der Waals surface area contributed by atoms with Crippen LogP contribution in [0.15, 0.2) is 41.4 Å². The van der Waals surface area contributed by atoms with Gasteiger partial charge in [-0.15, -0.1) is 0 Å². The van der Waals surface area contributed by atoms with Crippen LogP contribution in [-0.4, -0.2) is 18.4 Å². The summed E-state index contributed by atoms with van der Waals surface area (Å²) in [5.41, 5.74) is 8.54. The van der Waals surface area contributed by atoms with Crippen LogP contribution >= 0.6 is 0 Å². The Morgan fingerprint density at radius 2 is 2.18 bits per heavy atom. The molecule has 120 valence electrons. The van der Waals surface area contributed by atoms with Crippen LogP contribution in [0.3, 0.4) is 0 Å². The molecule has 1 amide bonds. The molecule has 4 N–H and O–H groups in total. The van der Waals surface area contributed by atoms with Crippen molar-refractivity contribution in [2.45, 2.75) is 33.7 Å².